The lowest BCUT2D eigenvalue weighted by molar-refractivity contribution is 0.628. The standard InChI is InChI=1S/C14H11ClFN3S/c15-13-4-2-1-3-10(13)9-17-19-14(20)18-12-7-5-11(16)6-8-12/h1-9H,(H2,18,19,20)/b17-9-. The van der Waals surface area contributed by atoms with E-state index in [1.807, 2.05) is 18.2 Å². The van der Waals surface area contributed by atoms with Gasteiger partial charge in [0.2, 0.25) is 0 Å². The molecular formula is C14H11ClFN3S. The van der Waals surface area contributed by atoms with Gasteiger partial charge in [-0.15, -0.1) is 0 Å². The molecule has 102 valence electrons. The summed E-state index contributed by atoms with van der Waals surface area (Å²) < 4.78 is 12.7. The molecule has 0 fully saturated rings. The quantitative estimate of drug-likeness (QED) is 0.514. The van der Waals surface area contributed by atoms with Crippen molar-refractivity contribution in [1.82, 2.24) is 5.43 Å². The van der Waals surface area contributed by atoms with Crippen molar-refractivity contribution in [3.63, 3.8) is 0 Å². The third-order valence-electron chi connectivity index (χ3n) is 2.38. The first-order valence-corrected chi connectivity index (χ1v) is 6.54. The van der Waals surface area contributed by atoms with Crippen LogP contribution in [-0.2, 0) is 0 Å². The van der Waals surface area contributed by atoms with Gasteiger partial charge in [-0.2, -0.15) is 5.10 Å². The monoisotopic (exact) mass is 307 g/mol. The first-order valence-electron chi connectivity index (χ1n) is 5.75. The normalized spacial score (nSPS) is 10.5. The van der Waals surface area contributed by atoms with E-state index >= 15 is 0 Å². The lowest BCUT2D eigenvalue weighted by Crippen LogP contribution is -2.23. The van der Waals surface area contributed by atoms with Crippen LogP contribution in [0.4, 0.5) is 10.1 Å². The predicted octanol–water partition coefficient (Wildman–Crippen LogP) is 3.80. The average Bonchev–Trinajstić information content (AvgIpc) is 2.43. The number of nitrogens with one attached hydrogen (secondary N) is 2. The van der Waals surface area contributed by atoms with Crippen molar-refractivity contribution in [3.8, 4) is 0 Å². The van der Waals surface area contributed by atoms with E-state index in [9.17, 15) is 4.39 Å². The van der Waals surface area contributed by atoms with Gasteiger partial charge in [0.15, 0.2) is 5.11 Å². The maximum absolute atomic E-state index is 12.7. The molecule has 0 amide bonds. The fourth-order valence-electron chi connectivity index (χ4n) is 1.43. The van der Waals surface area contributed by atoms with Gasteiger partial charge in [-0.25, -0.2) is 4.39 Å². The highest BCUT2D eigenvalue weighted by Gasteiger charge is 1.97. The van der Waals surface area contributed by atoms with Crippen molar-refractivity contribution in [1.29, 1.82) is 0 Å². The van der Waals surface area contributed by atoms with Gasteiger partial charge in [-0.3, -0.25) is 5.43 Å². The molecule has 0 saturated carbocycles. The van der Waals surface area contributed by atoms with E-state index in [1.54, 1.807) is 24.4 Å². The van der Waals surface area contributed by atoms with Gasteiger partial charge >= 0.3 is 0 Å². The second-order valence-corrected chi connectivity index (χ2v) is 4.67. The van der Waals surface area contributed by atoms with Crippen LogP contribution in [0.1, 0.15) is 5.56 Å². The Kier molecular flexibility index (Phi) is 5.03. The zero-order valence-electron chi connectivity index (χ0n) is 10.3. The number of hydrazone groups is 1. The summed E-state index contributed by atoms with van der Waals surface area (Å²) in [6.07, 6.45) is 1.57. The van der Waals surface area contributed by atoms with Crippen LogP contribution in [-0.4, -0.2) is 11.3 Å². The fraction of sp³-hybridized carbons (Fsp3) is 0. The van der Waals surface area contributed by atoms with E-state index in [-0.39, 0.29) is 5.82 Å². The molecule has 0 aliphatic rings. The number of hydrogen-bond donors (Lipinski definition) is 2. The predicted molar refractivity (Wildman–Crippen MR) is 84.8 cm³/mol. The maximum atomic E-state index is 12.7. The number of hydrogen-bond acceptors (Lipinski definition) is 2. The van der Waals surface area contributed by atoms with Gasteiger partial charge in [0.05, 0.1) is 6.21 Å². The van der Waals surface area contributed by atoms with E-state index in [4.69, 9.17) is 23.8 Å². The van der Waals surface area contributed by atoms with Crippen LogP contribution in [0, 0.1) is 5.82 Å². The van der Waals surface area contributed by atoms with Crippen molar-refractivity contribution in [2.75, 3.05) is 5.32 Å². The van der Waals surface area contributed by atoms with Crippen LogP contribution in [0.15, 0.2) is 53.6 Å². The smallest absolute Gasteiger partial charge is 0.191 e. The topological polar surface area (TPSA) is 36.4 Å². The minimum Gasteiger partial charge on any atom is -0.331 e. The SMILES string of the molecule is Fc1ccc(NC(=S)N/N=C\c2ccccc2Cl)cc1. The first kappa shape index (κ1) is 14.4. The number of thiocarbonyl (C=S) groups is 1. The number of rotatable bonds is 3. The molecule has 2 N–H and O–H groups in total. The fourth-order valence-corrected chi connectivity index (χ4v) is 1.79. The van der Waals surface area contributed by atoms with E-state index in [1.165, 1.54) is 12.1 Å². The summed E-state index contributed by atoms with van der Waals surface area (Å²) in [6.45, 7) is 0. The van der Waals surface area contributed by atoms with Gasteiger partial charge in [0, 0.05) is 16.3 Å². The second-order valence-electron chi connectivity index (χ2n) is 3.85. The van der Waals surface area contributed by atoms with Crippen LogP contribution in [0.25, 0.3) is 0 Å². The summed E-state index contributed by atoms with van der Waals surface area (Å²) in [4.78, 5) is 0. The molecule has 6 heteroatoms. The molecule has 0 aliphatic heterocycles. The van der Waals surface area contributed by atoms with Crippen LogP contribution >= 0.6 is 23.8 Å². The van der Waals surface area contributed by atoms with Gasteiger partial charge in [-0.05, 0) is 42.5 Å². The summed E-state index contributed by atoms with van der Waals surface area (Å²) >= 11 is 11.0. The highest BCUT2D eigenvalue weighted by molar-refractivity contribution is 7.80. The Balaban J connectivity index is 1.89. The molecule has 2 rings (SSSR count). The zero-order valence-corrected chi connectivity index (χ0v) is 11.9. The van der Waals surface area contributed by atoms with Crippen molar-refractivity contribution in [3.05, 3.63) is 64.9 Å². The molecule has 0 atom stereocenters. The maximum Gasteiger partial charge on any atom is 0.191 e. The Morgan fingerprint density at radius 1 is 1.15 bits per heavy atom. The zero-order chi connectivity index (χ0) is 14.4. The number of nitrogens with zero attached hydrogens (tertiary/aromatic N) is 1. The van der Waals surface area contributed by atoms with E-state index in [2.05, 4.69) is 15.8 Å². The van der Waals surface area contributed by atoms with Crippen molar-refractivity contribution < 1.29 is 4.39 Å². The minimum atomic E-state index is -0.300. The largest absolute Gasteiger partial charge is 0.331 e. The van der Waals surface area contributed by atoms with Crippen LogP contribution < -0.4 is 10.7 Å². The molecular weight excluding hydrogens is 297 g/mol. The Morgan fingerprint density at radius 2 is 1.85 bits per heavy atom. The van der Waals surface area contributed by atoms with Gasteiger partial charge in [-0.1, -0.05) is 29.8 Å². The van der Waals surface area contributed by atoms with Gasteiger partial charge in [0.1, 0.15) is 5.82 Å². The summed E-state index contributed by atoms with van der Waals surface area (Å²) in [5, 5.41) is 7.77. The molecule has 3 nitrogen and oxygen atoms in total. The number of halogens is 2. The van der Waals surface area contributed by atoms with Gasteiger partial charge < -0.3 is 5.32 Å². The van der Waals surface area contributed by atoms with E-state index in [0.717, 1.165) is 5.56 Å². The third kappa shape index (κ3) is 4.29. The Bertz CT molecular complexity index is 629. The summed E-state index contributed by atoms with van der Waals surface area (Å²) in [7, 11) is 0. The minimum absolute atomic E-state index is 0.300. The van der Waals surface area contributed by atoms with Crippen molar-refractivity contribution >= 4 is 40.8 Å². The molecule has 0 heterocycles. The Morgan fingerprint density at radius 3 is 2.55 bits per heavy atom. The molecule has 0 saturated heterocycles. The molecule has 0 aliphatic carbocycles. The number of benzene rings is 2. The van der Waals surface area contributed by atoms with Crippen LogP contribution in [0.5, 0.6) is 0 Å². The molecule has 0 unspecified atom stereocenters. The lowest BCUT2D eigenvalue weighted by Gasteiger charge is -2.06. The van der Waals surface area contributed by atoms with Crippen molar-refractivity contribution in [2.24, 2.45) is 5.10 Å². The molecule has 20 heavy (non-hydrogen) atoms. The highest BCUT2D eigenvalue weighted by Crippen LogP contribution is 2.12. The molecule has 2 aromatic carbocycles. The Labute approximate surface area is 126 Å². The summed E-state index contributed by atoms with van der Waals surface area (Å²) in [5.74, 6) is -0.300. The third-order valence-corrected chi connectivity index (χ3v) is 2.91. The molecule has 0 aromatic heterocycles. The molecule has 0 radical (unpaired) electrons. The van der Waals surface area contributed by atoms with Crippen LogP contribution in [0.2, 0.25) is 5.02 Å². The van der Waals surface area contributed by atoms with Gasteiger partial charge in [0.25, 0.3) is 0 Å². The van der Waals surface area contributed by atoms with E-state index in [0.29, 0.717) is 15.8 Å². The lowest BCUT2D eigenvalue weighted by atomic mass is 10.2. The molecule has 0 bridgehead atoms. The average molecular weight is 308 g/mol. The summed E-state index contributed by atoms with van der Waals surface area (Å²) in [5.41, 5.74) is 4.12. The molecule has 2 aromatic rings. The van der Waals surface area contributed by atoms with Crippen LogP contribution in [0.3, 0.4) is 0 Å². The highest BCUT2D eigenvalue weighted by atomic mass is 35.5. The molecule has 0 spiro atoms. The Hall–Kier alpha value is -1.98. The van der Waals surface area contributed by atoms with E-state index < -0.39 is 0 Å². The van der Waals surface area contributed by atoms with Crippen molar-refractivity contribution in [2.45, 2.75) is 0 Å². The first-order chi connectivity index (χ1) is 9.65. The second kappa shape index (κ2) is 6.98. The number of anilines is 1. The summed E-state index contributed by atoms with van der Waals surface area (Å²) in [6, 6.07) is 13.2.